The Kier molecular flexibility index (Phi) is 10.5. The number of anilines is 3. The lowest BCUT2D eigenvalue weighted by Gasteiger charge is -2.32. The summed E-state index contributed by atoms with van der Waals surface area (Å²) < 4.78 is 2.34. The molecule has 0 N–H and O–H groups in total. The topological polar surface area (TPSA) is 21.1 Å². The molecule has 3 nitrogen and oxygen atoms in total. The second-order valence-corrected chi connectivity index (χ2v) is 17.3. The number of hydrogen-bond donors (Lipinski definition) is 0. The third-order valence-corrected chi connectivity index (χ3v) is 13.7. The number of aryl methyl sites for hydroxylation is 1. The Labute approximate surface area is 383 Å². The first-order valence-electron chi connectivity index (χ1n) is 23.1. The van der Waals surface area contributed by atoms with Crippen LogP contribution in [-0.4, -0.2) is 9.55 Å². The lowest BCUT2D eigenvalue weighted by Crippen LogP contribution is -2.23. The van der Waals surface area contributed by atoms with E-state index in [1.54, 1.807) is 0 Å². The van der Waals surface area contributed by atoms with E-state index in [2.05, 4.69) is 248 Å². The van der Waals surface area contributed by atoms with Gasteiger partial charge in [0.05, 0.1) is 11.4 Å². The van der Waals surface area contributed by atoms with Crippen LogP contribution < -0.4 is 4.90 Å². The fourth-order valence-electron chi connectivity index (χ4n) is 10.4. The van der Waals surface area contributed by atoms with Gasteiger partial charge in [0.2, 0.25) is 0 Å². The maximum atomic E-state index is 5.36. The first kappa shape index (κ1) is 40.1. The predicted molar refractivity (Wildman–Crippen MR) is 274 cm³/mol. The van der Waals surface area contributed by atoms with E-state index in [4.69, 9.17) is 4.98 Å². The number of para-hydroxylation sites is 3. The molecule has 2 aliphatic rings. The number of benzene rings is 8. The van der Waals surface area contributed by atoms with Crippen molar-refractivity contribution in [3.8, 4) is 50.5 Å². The van der Waals surface area contributed by atoms with Crippen molar-refractivity contribution in [2.24, 2.45) is 0 Å². The van der Waals surface area contributed by atoms with Crippen molar-refractivity contribution in [2.45, 2.75) is 44.9 Å². The van der Waals surface area contributed by atoms with Crippen LogP contribution in [0.4, 0.5) is 17.1 Å². The van der Waals surface area contributed by atoms with Crippen LogP contribution in [0.25, 0.3) is 68.7 Å². The number of imidazole rings is 1. The Hall–Kier alpha value is -7.75. The van der Waals surface area contributed by atoms with Crippen molar-refractivity contribution in [2.75, 3.05) is 4.90 Å². The number of hydrogen-bond acceptors (Lipinski definition) is 2. The Balaban J connectivity index is 0.933. The molecule has 0 amide bonds. The van der Waals surface area contributed by atoms with E-state index >= 15 is 0 Å². The van der Waals surface area contributed by atoms with Crippen LogP contribution in [0.2, 0.25) is 0 Å². The van der Waals surface area contributed by atoms with Gasteiger partial charge < -0.3 is 4.90 Å². The lowest BCUT2D eigenvalue weighted by atomic mass is 9.73. The minimum Gasteiger partial charge on any atom is -0.310 e. The molecule has 0 unspecified atom stereocenters. The summed E-state index contributed by atoms with van der Waals surface area (Å²) in [6, 6.07) is 72.9. The van der Waals surface area contributed by atoms with Crippen LogP contribution in [0.3, 0.4) is 0 Å². The molecule has 65 heavy (non-hydrogen) atoms. The van der Waals surface area contributed by atoms with Gasteiger partial charge in [-0.15, -0.1) is 0 Å². The fourth-order valence-corrected chi connectivity index (χ4v) is 10.4. The molecule has 2 aliphatic carbocycles. The van der Waals surface area contributed by atoms with Crippen molar-refractivity contribution in [1.29, 1.82) is 0 Å². The quantitative estimate of drug-likeness (QED) is 0.121. The molecule has 0 saturated heterocycles. The molecule has 0 spiro atoms. The summed E-state index contributed by atoms with van der Waals surface area (Å²) in [7, 11) is 0. The number of allylic oxidation sites excluding steroid dienone is 1. The highest BCUT2D eigenvalue weighted by Crippen LogP contribution is 2.54. The zero-order chi connectivity index (χ0) is 43.7. The monoisotopic (exact) mass is 837 g/mol. The molecule has 0 aliphatic heterocycles. The highest BCUT2D eigenvalue weighted by Gasteiger charge is 2.41. The van der Waals surface area contributed by atoms with Crippen LogP contribution in [0.1, 0.15) is 66.8 Å². The van der Waals surface area contributed by atoms with Crippen molar-refractivity contribution in [3.63, 3.8) is 0 Å². The van der Waals surface area contributed by atoms with Crippen LogP contribution in [0.15, 0.2) is 206 Å². The third kappa shape index (κ3) is 7.24. The number of aromatic nitrogens is 2. The molecule has 0 fully saturated rings. The summed E-state index contributed by atoms with van der Waals surface area (Å²) in [6.45, 7) is 4.71. The van der Waals surface area contributed by atoms with Crippen molar-refractivity contribution >= 4 is 35.3 Å². The average Bonchev–Trinajstić information content (AvgIpc) is 3.90. The van der Waals surface area contributed by atoms with Gasteiger partial charge in [-0.05, 0) is 148 Å². The van der Waals surface area contributed by atoms with Gasteiger partial charge in [0.25, 0.3) is 0 Å². The van der Waals surface area contributed by atoms with Gasteiger partial charge in [0, 0.05) is 33.7 Å². The summed E-state index contributed by atoms with van der Waals surface area (Å²) >= 11 is 0. The van der Waals surface area contributed by atoms with Crippen LogP contribution >= 0.6 is 0 Å². The van der Waals surface area contributed by atoms with Gasteiger partial charge >= 0.3 is 0 Å². The van der Waals surface area contributed by atoms with E-state index in [0.29, 0.717) is 0 Å². The average molecular weight is 838 g/mol. The second kappa shape index (κ2) is 17.1. The molecule has 11 rings (SSSR count). The molecule has 0 bridgehead atoms. The fraction of sp³-hybridized carbons (Fsp3) is 0.113. The SMILES string of the molecule is CCC1(CC)c2cc(/C=C/c3ccc(-c4cc(-c5ccccc5)ccc4-c4nc5c(n4-c4ccccc4)C=CCC5)cc3)ccc2-c2ccc(N(c3ccccc3)c3ccccc3)cc21. The Morgan fingerprint density at radius 2 is 1.08 bits per heavy atom. The summed E-state index contributed by atoms with van der Waals surface area (Å²) in [5, 5.41) is 0. The zero-order valence-corrected chi connectivity index (χ0v) is 37.0. The number of fused-ring (bicyclic) bond motifs is 4. The Bertz CT molecular complexity index is 3150. The van der Waals surface area contributed by atoms with Gasteiger partial charge in [-0.2, -0.15) is 0 Å². The maximum absolute atomic E-state index is 5.36. The predicted octanol–water partition coefficient (Wildman–Crippen LogP) is 16.6. The molecule has 8 aromatic carbocycles. The van der Waals surface area contributed by atoms with E-state index in [9.17, 15) is 0 Å². The van der Waals surface area contributed by atoms with Gasteiger partial charge in [-0.3, -0.25) is 4.57 Å². The van der Waals surface area contributed by atoms with Crippen molar-refractivity contribution in [1.82, 2.24) is 9.55 Å². The molecule has 0 radical (unpaired) electrons. The van der Waals surface area contributed by atoms with Gasteiger partial charge in [-0.25, -0.2) is 4.98 Å². The smallest absolute Gasteiger partial charge is 0.145 e. The number of nitrogens with zero attached hydrogens (tertiary/aromatic N) is 3. The summed E-state index contributed by atoms with van der Waals surface area (Å²) in [5.41, 5.74) is 20.6. The highest BCUT2D eigenvalue weighted by molar-refractivity contribution is 5.89. The molecule has 1 aromatic heterocycles. The van der Waals surface area contributed by atoms with Crippen molar-refractivity contribution < 1.29 is 0 Å². The third-order valence-electron chi connectivity index (χ3n) is 13.7. The molecule has 0 saturated carbocycles. The standard InChI is InChI=1S/C62H51N3/c1-3-62(4-2)57-41-45(33-38-53(57)54-40-37-52(43-58(54)62)64(49-21-11-6-12-22-49)50-23-13-7-14-24-50)30-29-44-31-34-47(35-32-44)56-42-48(46-19-9-5-10-20-46)36-39-55(56)61-63-59-27-17-18-28-60(59)65(61)51-25-15-8-16-26-51/h5-16,18-26,28-43H,3-4,17,27H2,1-2H3/b30-29+. The molecular formula is C62H51N3. The molecule has 314 valence electrons. The second-order valence-electron chi connectivity index (χ2n) is 17.3. The molecular weight excluding hydrogens is 787 g/mol. The van der Waals surface area contributed by atoms with E-state index < -0.39 is 0 Å². The lowest BCUT2D eigenvalue weighted by molar-refractivity contribution is 0.490. The molecule has 1 heterocycles. The summed E-state index contributed by atoms with van der Waals surface area (Å²) in [6.07, 6.45) is 13.0. The van der Waals surface area contributed by atoms with Crippen LogP contribution in [-0.2, 0) is 11.8 Å². The van der Waals surface area contributed by atoms with Gasteiger partial charge in [0.15, 0.2) is 0 Å². The highest BCUT2D eigenvalue weighted by atomic mass is 15.1. The molecule has 3 heteroatoms. The van der Waals surface area contributed by atoms with Crippen LogP contribution in [0.5, 0.6) is 0 Å². The van der Waals surface area contributed by atoms with E-state index in [-0.39, 0.29) is 5.41 Å². The summed E-state index contributed by atoms with van der Waals surface area (Å²) in [4.78, 5) is 7.74. The molecule has 0 atom stereocenters. The minimum absolute atomic E-state index is 0.0813. The first-order chi connectivity index (χ1) is 32.1. The minimum atomic E-state index is -0.0813. The largest absolute Gasteiger partial charge is 0.310 e. The van der Waals surface area contributed by atoms with Crippen LogP contribution in [0, 0.1) is 0 Å². The molecule has 9 aromatic rings. The maximum Gasteiger partial charge on any atom is 0.145 e. The first-order valence-corrected chi connectivity index (χ1v) is 23.1. The van der Waals surface area contributed by atoms with E-state index in [1.165, 1.54) is 50.3 Å². The summed E-state index contributed by atoms with van der Waals surface area (Å²) in [5.74, 6) is 0.973. The van der Waals surface area contributed by atoms with Gasteiger partial charge in [0.1, 0.15) is 5.82 Å². The Morgan fingerprint density at radius 3 is 1.75 bits per heavy atom. The normalized spacial score (nSPS) is 13.4. The van der Waals surface area contributed by atoms with Crippen molar-refractivity contribution in [3.05, 3.63) is 240 Å². The van der Waals surface area contributed by atoms with E-state index in [0.717, 1.165) is 76.5 Å². The van der Waals surface area contributed by atoms with E-state index in [1.807, 2.05) is 0 Å². The number of rotatable bonds is 11. The van der Waals surface area contributed by atoms with Gasteiger partial charge in [-0.1, -0.05) is 172 Å². The zero-order valence-electron chi connectivity index (χ0n) is 37.0. The Morgan fingerprint density at radius 1 is 0.508 bits per heavy atom.